The van der Waals surface area contributed by atoms with Crippen LogP contribution in [-0.4, -0.2) is 29.2 Å². The molecule has 1 aliphatic heterocycles. The molecule has 3 N–H and O–H groups in total. The Morgan fingerprint density at radius 2 is 2.38 bits per heavy atom. The summed E-state index contributed by atoms with van der Waals surface area (Å²) in [6, 6.07) is 0. The van der Waals surface area contributed by atoms with E-state index in [2.05, 4.69) is 15.3 Å². The number of aromatic nitrogens is 2. The van der Waals surface area contributed by atoms with Crippen LogP contribution in [0, 0.1) is 6.92 Å². The van der Waals surface area contributed by atoms with Gasteiger partial charge in [-0.15, -0.1) is 0 Å². The molecule has 1 aliphatic rings. The molecule has 0 spiro atoms. The highest BCUT2D eigenvalue weighted by Crippen LogP contribution is 2.21. The average Bonchev–Trinajstić information content (AvgIpc) is 2.74. The maximum absolute atomic E-state index is 5.85. The van der Waals surface area contributed by atoms with Gasteiger partial charge in [-0.2, -0.15) is 4.98 Å². The fourth-order valence-electron chi connectivity index (χ4n) is 1.70. The van der Waals surface area contributed by atoms with Gasteiger partial charge in [0.05, 0.1) is 17.5 Å². The summed E-state index contributed by atoms with van der Waals surface area (Å²) in [6.45, 7) is 3.35. The molecule has 0 bridgehead atoms. The molecule has 1 aromatic rings. The van der Waals surface area contributed by atoms with E-state index in [0.717, 1.165) is 19.4 Å². The van der Waals surface area contributed by atoms with Crippen LogP contribution >= 0.6 is 11.6 Å². The first kappa shape index (κ1) is 11.4. The molecule has 6 heteroatoms. The van der Waals surface area contributed by atoms with Gasteiger partial charge in [0.2, 0.25) is 5.28 Å². The van der Waals surface area contributed by atoms with E-state index in [4.69, 9.17) is 22.1 Å². The fourth-order valence-corrected chi connectivity index (χ4v) is 1.91. The van der Waals surface area contributed by atoms with E-state index in [0.29, 0.717) is 23.7 Å². The largest absolute Gasteiger partial charge is 0.394 e. The molecule has 2 rings (SSSR count). The van der Waals surface area contributed by atoms with Gasteiger partial charge in [-0.1, -0.05) is 0 Å². The predicted octanol–water partition coefficient (Wildman–Crippen LogP) is 1.61. The summed E-state index contributed by atoms with van der Waals surface area (Å²) in [7, 11) is 0. The zero-order chi connectivity index (χ0) is 11.5. The van der Waals surface area contributed by atoms with Gasteiger partial charge in [-0.3, -0.25) is 0 Å². The molecule has 0 unspecified atom stereocenters. The normalized spacial score (nSPS) is 20.0. The smallest absolute Gasteiger partial charge is 0.224 e. The molecule has 1 aromatic heterocycles. The Morgan fingerprint density at radius 1 is 1.56 bits per heavy atom. The maximum Gasteiger partial charge on any atom is 0.224 e. The van der Waals surface area contributed by atoms with Gasteiger partial charge in [0.1, 0.15) is 0 Å². The molecule has 2 heterocycles. The van der Waals surface area contributed by atoms with Gasteiger partial charge in [0.25, 0.3) is 0 Å². The lowest BCUT2D eigenvalue weighted by Crippen LogP contribution is -2.20. The van der Waals surface area contributed by atoms with Crippen LogP contribution in [-0.2, 0) is 4.74 Å². The lowest BCUT2D eigenvalue weighted by Gasteiger charge is -2.13. The van der Waals surface area contributed by atoms with E-state index in [1.165, 1.54) is 0 Å². The first-order valence-electron chi connectivity index (χ1n) is 5.32. The van der Waals surface area contributed by atoms with Crippen molar-refractivity contribution >= 4 is 23.1 Å². The minimum Gasteiger partial charge on any atom is -0.394 e. The summed E-state index contributed by atoms with van der Waals surface area (Å²) >= 11 is 5.77. The number of ether oxygens (including phenoxy) is 1. The standard InChI is InChI=1S/C10H15ClN4O/c1-6-8(12)9(15-10(11)14-6)13-5-7-3-2-4-16-7/h7H,2-5,12H2,1H3,(H,13,14,15)/t7-/m1/s1. The van der Waals surface area contributed by atoms with Crippen molar-refractivity contribution in [1.29, 1.82) is 0 Å². The maximum atomic E-state index is 5.85. The highest BCUT2D eigenvalue weighted by Gasteiger charge is 2.16. The number of aryl methyl sites for hydroxylation is 1. The summed E-state index contributed by atoms with van der Waals surface area (Å²) in [5.41, 5.74) is 7.08. The number of anilines is 2. The Bertz CT molecular complexity index is 379. The minimum absolute atomic E-state index is 0.210. The van der Waals surface area contributed by atoms with E-state index in [9.17, 15) is 0 Å². The van der Waals surface area contributed by atoms with Crippen LogP contribution in [0.25, 0.3) is 0 Å². The summed E-state index contributed by atoms with van der Waals surface area (Å²) in [5.74, 6) is 0.591. The first-order chi connectivity index (χ1) is 7.66. The molecule has 1 saturated heterocycles. The van der Waals surface area contributed by atoms with E-state index in [1.54, 1.807) is 6.92 Å². The molecule has 0 aliphatic carbocycles. The van der Waals surface area contributed by atoms with Gasteiger partial charge in [-0.25, -0.2) is 4.98 Å². The van der Waals surface area contributed by atoms with Crippen molar-refractivity contribution in [2.75, 3.05) is 24.2 Å². The Morgan fingerprint density at radius 3 is 3.06 bits per heavy atom. The van der Waals surface area contributed by atoms with Crippen molar-refractivity contribution < 1.29 is 4.74 Å². The summed E-state index contributed by atoms with van der Waals surface area (Å²) in [5, 5.41) is 3.36. The molecular formula is C10H15ClN4O. The van der Waals surface area contributed by atoms with Crippen LogP contribution in [0.1, 0.15) is 18.5 Å². The van der Waals surface area contributed by atoms with Crippen molar-refractivity contribution in [1.82, 2.24) is 9.97 Å². The number of nitrogen functional groups attached to an aromatic ring is 1. The summed E-state index contributed by atoms with van der Waals surface area (Å²) in [6.07, 6.45) is 2.43. The second-order valence-electron chi connectivity index (χ2n) is 3.86. The summed E-state index contributed by atoms with van der Waals surface area (Å²) < 4.78 is 5.50. The topological polar surface area (TPSA) is 73.1 Å². The van der Waals surface area contributed by atoms with Crippen LogP contribution in [0.15, 0.2) is 0 Å². The van der Waals surface area contributed by atoms with E-state index < -0.39 is 0 Å². The van der Waals surface area contributed by atoms with Gasteiger partial charge in [0, 0.05) is 13.2 Å². The zero-order valence-electron chi connectivity index (χ0n) is 9.16. The number of nitrogens with one attached hydrogen (secondary N) is 1. The molecule has 0 aromatic carbocycles. The van der Waals surface area contributed by atoms with Crippen molar-refractivity contribution in [3.8, 4) is 0 Å². The lowest BCUT2D eigenvalue weighted by molar-refractivity contribution is 0.120. The molecule has 0 amide bonds. The zero-order valence-corrected chi connectivity index (χ0v) is 9.92. The number of nitrogens with zero attached hydrogens (tertiary/aromatic N) is 2. The first-order valence-corrected chi connectivity index (χ1v) is 5.69. The molecule has 16 heavy (non-hydrogen) atoms. The van der Waals surface area contributed by atoms with Crippen molar-refractivity contribution in [2.24, 2.45) is 0 Å². The van der Waals surface area contributed by atoms with Gasteiger partial charge < -0.3 is 15.8 Å². The Labute approximate surface area is 99.4 Å². The van der Waals surface area contributed by atoms with E-state index in [-0.39, 0.29) is 11.4 Å². The van der Waals surface area contributed by atoms with Gasteiger partial charge >= 0.3 is 0 Å². The van der Waals surface area contributed by atoms with Crippen LogP contribution < -0.4 is 11.1 Å². The van der Waals surface area contributed by atoms with Crippen LogP contribution in [0.4, 0.5) is 11.5 Å². The van der Waals surface area contributed by atoms with Crippen molar-refractivity contribution in [3.05, 3.63) is 11.0 Å². The Kier molecular flexibility index (Phi) is 3.46. The third-order valence-electron chi connectivity index (χ3n) is 2.63. The van der Waals surface area contributed by atoms with Crippen LogP contribution in [0.2, 0.25) is 5.28 Å². The van der Waals surface area contributed by atoms with Gasteiger partial charge in [0.15, 0.2) is 5.82 Å². The summed E-state index contributed by atoms with van der Waals surface area (Å²) in [4.78, 5) is 8.03. The molecule has 0 radical (unpaired) electrons. The third kappa shape index (κ3) is 2.54. The molecule has 0 saturated carbocycles. The fraction of sp³-hybridized carbons (Fsp3) is 0.600. The van der Waals surface area contributed by atoms with Crippen molar-refractivity contribution in [2.45, 2.75) is 25.9 Å². The average molecular weight is 243 g/mol. The predicted molar refractivity (Wildman–Crippen MR) is 63.7 cm³/mol. The lowest BCUT2D eigenvalue weighted by atomic mass is 10.2. The monoisotopic (exact) mass is 242 g/mol. The second-order valence-corrected chi connectivity index (χ2v) is 4.19. The van der Waals surface area contributed by atoms with Gasteiger partial charge in [-0.05, 0) is 31.4 Å². The molecule has 88 valence electrons. The third-order valence-corrected chi connectivity index (χ3v) is 2.80. The number of hydrogen-bond acceptors (Lipinski definition) is 5. The minimum atomic E-state index is 0.210. The van der Waals surface area contributed by atoms with Crippen molar-refractivity contribution in [3.63, 3.8) is 0 Å². The number of nitrogens with two attached hydrogens (primary N) is 1. The SMILES string of the molecule is Cc1nc(Cl)nc(NC[C@H]2CCCO2)c1N. The second kappa shape index (κ2) is 4.84. The van der Waals surface area contributed by atoms with Crippen LogP contribution in [0.5, 0.6) is 0 Å². The quantitative estimate of drug-likeness (QED) is 0.788. The van der Waals surface area contributed by atoms with E-state index >= 15 is 0 Å². The highest BCUT2D eigenvalue weighted by molar-refractivity contribution is 6.28. The highest BCUT2D eigenvalue weighted by atomic mass is 35.5. The molecule has 1 atom stereocenters. The molecule has 5 nitrogen and oxygen atoms in total. The van der Waals surface area contributed by atoms with E-state index in [1.807, 2.05) is 0 Å². The Hall–Kier alpha value is -1.07. The Balaban J connectivity index is 2.02. The number of hydrogen-bond donors (Lipinski definition) is 2. The van der Waals surface area contributed by atoms with Crippen LogP contribution in [0.3, 0.4) is 0 Å². The molecule has 1 fully saturated rings. The number of rotatable bonds is 3. The molecular weight excluding hydrogens is 228 g/mol. The number of halogens is 1.